The monoisotopic (exact) mass is 191 g/mol. The second-order valence-corrected chi connectivity index (χ2v) is 6.19. The van der Waals surface area contributed by atoms with Gasteiger partial charge in [0.1, 0.15) is 0 Å². The normalized spacial score (nSPS) is 49.3. The van der Waals surface area contributed by atoms with E-state index in [4.69, 9.17) is 0 Å². The Morgan fingerprint density at radius 1 is 1.00 bits per heavy atom. The fourth-order valence-electron chi connectivity index (χ4n) is 5.11. The van der Waals surface area contributed by atoms with Crippen molar-refractivity contribution in [2.75, 3.05) is 13.1 Å². The van der Waals surface area contributed by atoms with Crippen LogP contribution < -0.4 is 0 Å². The molecule has 0 amide bonds. The molecule has 0 aromatic rings. The predicted molar refractivity (Wildman–Crippen MR) is 57.1 cm³/mol. The Bertz CT molecular complexity index is 252. The van der Waals surface area contributed by atoms with Gasteiger partial charge >= 0.3 is 0 Å². The first-order valence-electron chi connectivity index (χ1n) is 6.64. The summed E-state index contributed by atoms with van der Waals surface area (Å²) in [6, 6.07) is 1.05. The molecular weight excluding hydrogens is 170 g/mol. The van der Waals surface area contributed by atoms with Gasteiger partial charge in [-0.25, -0.2) is 0 Å². The van der Waals surface area contributed by atoms with E-state index in [1.165, 1.54) is 25.9 Å². The summed E-state index contributed by atoms with van der Waals surface area (Å²) in [5.74, 6) is 2.26. The number of likely N-dealkylation sites (tertiary alicyclic amines) is 1. The molecule has 4 fully saturated rings. The smallest absolute Gasteiger partial charge is 0.0183 e. The van der Waals surface area contributed by atoms with E-state index in [1.54, 1.807) is 32.1 Å². The molecule has 4 rings (SSSR count). The van der Waals surface area contributed by atoms with Gasteiger partial charge in [-0.15, -0.1) is 0 Å². The Hall–Kier alpha value is -0.0400. The summed E-state index contributed by atoms with van der Waals surface area (Å²) in [4.78, 5) is 2.84. The van der Waals surface area contributed by atoms with Crippen LogP contribution in [0.15, 0.2) is 0 Å². The second-order valence-electron chi connectivity index (χ2n) is 6.19. The minimum Gasteiger partial charge on any atom is -0.299 e. The van der Waals surface area contributed by atoms with E-state index >= 15 is 0 Å². The lowest BCUT2D eigenvalue weighted by Gasteiger charge is -2.56. The molecule has 0 aromatic carbocycles. The van der Waals surface area contributed by atoms with Crippen LogP contribution in [-0.4, -0.2) is 24.0 Å². The maximum absolute atomic E-state index is 2.84. The van der Waals surface area contributed by atoms with Crippen molar-refractivity contribution in [3.05, 3.63) is 0 Å². The summed E-state index contributed by atoms with van der Waals surface area (Å²) >= 11 is 0. The number of nitrogens with zero attached hydrogens (tertiary/aromatic N) is 1. The van der Waals surface area contributed by atoms with Crippen LogP contribution in [0.4, 0.5) is 0 Å². The van der Waals surface area contributed by atoms with Crippen molar-refractivity contribution in [3.8, 4) is 0 Å². The molecule has 0 radical (unpaired) electrons. The summed E-state index contributed by atoms with van der Waals surface area (Å²) < 4.78 is 0. The minimum atomic E-state index is 0.851. The zero-order valence-corrected chi connectivity index (χ0v) is 9.04. The van der Waals surface area contributed by atoms with Crippen LogP contribution in [0.3, 0.4) is 0 Å². The highest BCUT2D eigenvalue weighted by molar-refractivity contribution is 5.14. The van der Waals surface area contributed by atoms with Gasteiger partial charge in [0.2, 0.25) is 0 Å². The first-order valence-corrected chi connectivity index (χ1v) is 6.64. The van der Waals surface area contributed by atoms with Gasteiger partial charge in [0, 0.05) is 6.04 Å². The van der Waals surface area contributed by atoms with Gasteiger partial charge in [0.05, 0.1) is 0 Å². The molecule has 3 unspecified atom stereocenters. The van der Waals surface area contributed by atoms with Crippen molar-refractivity contribution in [1.29, 1.82) is 0 Å². The van der Waals surface area contributed by atoms with Gasteiger partial charge in [-0.1, -0.05) is 6.42 Å². The zero-order chi connectivity index (χ0) is 9.17. The van der Waals surface area contributed by atoms with Gasteiger partial charge in [0.25, 0.3) is 0 Å². The first kappa shape index (κ1) is 8.15. The number of hydrogen-bond donors (Lipinski definition) is 0. The molecule has 1 saturated heterocycles. The third kappa shape index (κ3) is 0.778. The van der Waals surface area contributed by atoms with E-state index in [9.17, 15) is 0 Å². The lowest BCUT2D eigenvalue weighted by atomic mass is 9.57. The minimum absolute atomic E-state index is 0.851. The summed E-state index contributed by atoms with van der Waals surface area (Å²) in [6.07, 6.45) is 10.9. The summed E-state index contributed by atoms with van der Waals surface area (Å²) in [7, 11) is 0. The highest BCUT2D eigenvalue weighted by Crippen LogP contribution is 2.66. The van der Waals surface area contributed by atoms with E-state index in [1.807, 2.05) is 0 Å². The van der Waals surface area contributed by atoms with E-state index in [0.29, 0.717) is 0 Å². The van der Waals surface area contributed by atoms with Crippen LogP contribution in [0.25, 0.3) is 0 Å². The predicted octanol–water partition coefficient (Wildman–Crippen LogP) is 2.66. The third-order valence-electron chi connectivity index (χ3n) is 5.89. The average Bonchev–Trinajstić information content (AvgIpc) is 2.56. The molecule has 3 aliphatic carbocycles. The quantitative estimate of drug-likeness (QED) is 0.616. The Kier molecular flexibility index (Phi) is 1.49. The maximum Gasteiger partial charge on any atom is 0.0183 e. The Morgan fingerprint density at radius 3 is 2.43 bits per heavy atom. The molecule has 3 atom stereocenters. The van der Waals surface area contributed by atoms with E-state index in [-0.39, 0.29) is 0 Å². The van der Waals surface area contributed by atoms with Crippen molar-refractivity contribution in [1.82, 2.24) is 4.90 Å². The maximum atomic E-state index is 2.84. The zero-order valence-electron chi connectivity index (χ0n) is 9.04. The molecule has 1 heterocycles. The molecule has 4 aliphatic rings. The van der Waals surface area contributed by atoms with Crippen molar-refractivity contribution in [2.45, 2.75) is 51.0 Å². The number of hydrogen-bond acceptors (Lipinski definition) is 1. The van der Waals surface area contributed by atoms with Crippen molar-refractivity contribution in [3.63, 3.8) is 0 Å². The van der Waals surface area contributed by atoms with Crippen LogP contribution >= 0.6 is 0 Å². The standard InChI is InChI=1S/C13H21N/c1-5-13(6-1)11-4-3-10(9-11)12(13)14-7-2-8-14/h10-12H,1-9H2. The average molecular weight is 191 g/mol. The molecule has 1 spiro atoms. The van der Waals surface area contributed by atoms with Gasteiger partial charge in [-0.05, 0) is 68.9 Å². The van der Waals surface area contributed by atoms with Crippen LogP contribution in [0.1, 0.15) is 44.9 Å². The molecule has 14 heavy (non-hydrogen) atoms. The molecule has 0 N–H and O–H groups in total. The van der Waals surface area contributed by atoms with Crippen LogP contribution in [0, 0.1) is 17.3 Å². The Labute approximate surface area is 86.9 Å². The molecule has 0 aromatic heterocycles. The SMILES string of the molecule is C1CN(C2C3CCC(C3)C23CCC3)C1. The van der Waals surface area contributed by atoms with Crippen molar-refractivity contribution >= 4 is 0 Å². The summed E-state index contributed by atoms with van der Waals surface area (Å²) in [6.45, 7) is 2.85. The largest absolute Gasteiger partial charge is 0.299 e. The fraction of sp³-hybridized carbons (Fsp3) is 1.00. The van der Waals surface area contributed by atoms with Crippen LogP contribution in [0.5, 0.6) is 0 Å². The van der Waals surface area contributed by atoms with Gasteiger partial charge < -0.3 is 0 Å². The third-order valence-corrected chi connectivity index (χ3v) is 5.89. The van der Waals surface area contributed by atoms with Crippen molar-refractivity contribution in [2.24, 2.45) is 17.3 Å². The molecule has 78 valence electrons. The molecule has 1 nitrogen and oxygen atoms in total. The molecule has 2 bridgehead atoms. The van der Waals surface area contributed by atoms with Crippen LogP contribution in [0.2, 0.25) is 0 Å². The molecule has 1 heteroatoms. The lowest BCUT2D eigenvalue weighted by molar-refractivity contribution is -0.0657. The van der Waals surface area contributed by atoms with Gasteiger partial charge in [0.15, 0.2) is 0 Å². The van der Waals surface area contributed by atoms with Crippen molar-refractivity contribution < 1.29 is 0 Å². The van der Waals surface area contributed by atoms with Gasteiger partial charge in [-0.3, -0.25) is 4.90 Å². The first-order chi connectivity index (χ1) is 6.90. The van der Waals surface area contributed by atoms with Crippen LogP contribution in [-0.2, 0) is 0 Å². The summed E-state index contributed by atoms with van der Waals surface area (Å²) in [5, 5.41) is 0. The lowest BCUT2D eigenvalue weighted by Crippen LogP contribution is -2.58. The highest BCUT2D eigenvalue weighted by Gasteiger charge is 2.62. The van der Waals surface area contributed by atoms with E-state index < -0.39 is 0 Å². The molecule has 1 aliphatic heterocycles. The molecule has 3 saturated carbocycles. The topological polar surface area (TPSA) is 3.24 Å². The Morgan fingerprint density at radius 2 is 1.86 bits per heavy atom. The second kappa shape index (κ2) is 2.55. The Balaban J connectivity index is 1.67. The number of fused-ring (bicyclic) bond motifs is 3. The highest BCUT2D eigenvalue weighted by atomic mass is 15.2. The fourth-order valence-corrected chi connectivity index (χ4v) is 5.11. The van der Waals surface area contributed by atoms with Gasteiger partial charge in [-0.2, -0.15) is 0 Å². The number of rotatable bonds is 1. The summed E-state index contributed by atoms with van der Waals surface area (Å²) in [5.41, 5.74) is 0.851. The van der Waals surface area contributed by atoms with E-state index in [2.05, 4.69) is 4.90 Å². The van der Waals surface area contributed by atoms with E-state index in [0.717, 1.165) is 23.3 Å². The molecular formula is C13H21N.